The summed E-state index contributed by atoms with van der Waals surface area (Å²) >= 11 is 0. The minimum atomic E-state index is -0.405. The van der Waals surface area contributed by atoms with Crippen molar-refractivity contribution in [3.63, 3.8) is 0 Å². The van der Waals surface area contributed by atoms with Gasteiger partial charge in [0.15, 0.2) is 0 Å². The summed E-state index contributed by atoms with van der Waals surface area (Å²) in [6.45, 7) is 2.52. The van der Waals surface area contributed by atoms with Gasteiger partial charge in [-0.05, 0) is 42.8 Å². The molecule has 0 spiro atoms. The molecule has 8 heteroatoms. The summed E-state index contributed by atoms with van der Waals surface area (Å²) in [5.74, 6) is 1.19. The van der Waals surface area contributed by atoms with Crippen LogP contribution in [0.5, 0.6) is 11.5 Å². The van der Waals surface area contributed by atoms with E-state index in [-0.39, 0.29) is 0 Å². The van der Waals surface area contributed by atoms with E-state index in [2.05, 4.69) is 10.1 Å². The molecule has 1 aromatic heterocycles. The van der Waals surface area contributed by atoms with Gasteiger partial charge in [0, 0.05) is 0 Å². The Kier molecular flexibility index (Phi) is 6.47. The molecule has 29 heavy (non-hydrogen) atoms. The van der Waals surface area contributed by atoms with E-state index in [0.29, 0.717) is 36.2 Å². The average Bonchev–Trinajstić information content (AvgIpc) is 3.06. The predicted octanol–water partition coefficient (Wildman–Crippen LogP) is 2.90. The van der Waals surface area contributed by atoms with Crippen LogP contribution in [0, 0.1) is 6.92 Å². The molecule has 1 heterocycles. The van der Waals surface area contributed by atoms with Crippen LogP contribution in [0.1, 0.15) is 21.6 Å². The molecule has 0 aliphatic heterocycles. The van der Waals surface area contributed by atoms with Crippen LogP contribution in [0.2, 0.25) is 0 Å². The lowest BCUT2D eigenvalue weighted by Crippen LogP contribution is -2.09. The topological polar surface area (TPSA) is 101 Å². The number of imidazole rings is 1. The number of hydrogen-bond donors (Lipinski definition) is 1. The van der Waals surface area contributed by atoms with Crippen molar-refractivity contribution in [2.45, 2.75) is 6.92 Å². The zero-order chi connectivity index (χ0) is 20.6. The number of aryl methyl sites for hydroxylation is 1. The number of hydrogen-bond acceptors (Lipinski definition) is 7. The molecule has 0 atom stereocenters. The first-order valence-electron chi connectivity index (χ1n) is 8.95. The van der Waals surface area contributed by atoms with Crippen LogP contribution >= 0.6 is 0 Å². The van der Waals surface area contributed by atoms with Gasteiger partial charge in [-0.1, -0.05) is 18.2 Å². The number of ether oxygens (including phenoxy) is 3. The molecule has 150 valence electrons. The molecule has 0 aliphatic rings. The number of nitrogen functional groups attached to an aromatic ring is 1. The Labute approximate surface area is 168 Å². The van der Waals surface area contributed by atoms with Gasteiger partial charge in [0.2, 0.25) is 5.95 Å². The van der Waals surface area contributed by atoms with E-state index in [0.717, 1.165) is 11.3 Å². The Hall–Kier alpha value is -3.81. The summed E-state index contributed by atoms with van der Waals surface area (Å²) in [4.78, 5) is 15.6. The number of methoxy groups -OCH3 is 1. The molecule has 0 unspecified atom stereocenters. The monoisotopic (exact) mass is 394 g/mol. The van der Waals surface area contributed by atoms with E-state index in [4.69, 9.17) is 19.9 Å². The molecule has 3 aromatic rings. The molecule has 2 aromatic carbocycles. The summed E-state index contributed by atoms with van der Waals surface area (Å²) < 4.78 is 17.6. The maximum absolute atomic E-state index is 11.6. The summed E-state index contributed by atoms with van der Waals surface area (Å²) in [7, 11) is 1.34. The first-order chi connectivity index (χ1) is 14.0. The fourth-order valence-corrected chi connectivity index (χ4v) is 2.56. The number of aromatic nitrogens is 2. The first-order valence-corrected chi connectivity index (χ1v) is 8.95. The molecular weight excluding hydrogens is 372 g/mol. The van der Waals surface area contributed by atoms with Gasteiger partial charge in [0.05, 0.1) is 30.8 Å². The highest BCUT2D eigenvalue weighted by atomic mass is 16.5. The van der Waals surface area contributed by atoms with Gasteiger partial charge in [-0.25, -0.2) is 14.5 Å². The smallest absolute Gasteiger partial charge is 0.337 e. The quantitative estimate of drug-likeness (QED) is 0.358. The zero-order valence-electron chi connectivity index (χ0n) is 16.2. The first kappa shape index (κ1) is 19.9. The number of anilines is 1. The predicted molar refractivity (Wildman–Crippen MR) is 110 cm³/mol. The highest BCUT2D eigenvalue weighted by Crippen LogP contribution is 2.15. The molecule has 2 N–H and O–H groups in total. The Morgan fingerprint density at radius 1 is 1.14 bits per heavy atom. The third-order valence-corrected chi connectivity index (χ3v) is 3.90. The molecule has 0 aliphatic carbocycles. The lowest BCUT2D eigenvalue weighted by atomic mass is 10.2. The van der Waals surface area contributed by atoms with Crippen molar-refractivity contribution in [1.29, 1.82) is 0 Å². The summed E-state index contributed by atoms with van der Waals surface area (Å²) in [5, 5.41) is 4.29. The number of nitrogens with two attached hydrogens (primary N) is 1. The largest absolute Gasteiger partial charge is 0.490 e. The minimum absolute atomic E-state index is 0.327. The van der Waals surface area contributed by atoms with Crippen LogP contribution in [0.25, 0.3) is 0 Å². The highest BCUT2D eigenvalue weighted by molar-refractivity contribution is 5.89. The normalized spacial score (nSPS) is 10.8. The van der Waals surface area contributed by atoms with Crippen molar-refractivity contribution >= 4 is 18.1 Å². The third-order valence-electron chi connectivity index (χ3n) is 3.90. The molecule has 3 rings (SSSR count). The number of rotatable bonds is 8. The van der Waals surface area contributed by atoms with E-state index < -0.39 is 5.97 Å². The van der Waals surface area contributed by atoms with Crippen molar-refractivity contribution in [3.05, 3.63) is 71.5 Å². The Bertz CT molecular complexity index is 1010. The van der Waals surface area contributed by atoms with Crippen LogP contribution < -0.4 is 15.2 Å². The van der Waals surface area contributed by atoms with E-state index in [1.807, 2.05) is 31.2 Å². The van der Waals surface area contributed by atoms with Gasteiger partial charge >= 0.3 is 5.97 Å². The van der Waals surface area contributed by atoms with Crippen molar-refractivity contribution in [2.75, 3.05) is 26.1 Å². The second-order valence-electron chi connectivity index (χ2n) is 6.12. The van der Waals surface area contributed by atoms with E-state index in [1.54, 1.807) is 36.7 Å². The molecule has 0 amide bonds. The Morgan fingerprint density at radius 2 is 1.83 bits per heavy atom. The highest BCUT2D eigenvalue weighted by Gasteiger charge is 2.06. The summed E-state index contributed by atoms with van der Waals surface area (Å²) in [5.41, 5.74) is 7.87. The Balaban J connectivity index is 1.52. The zero-order valence-corrected chi connectivity index (χ0v) is 16.2. The van der Waals surface area contributed by atoms with Crippen molar-refractivity contribution in [2.24, 2.45) is 5.10 Å². The second-order valence-corrected chi connectivity index (χ2v) is 6.12. The van der Waals surface area contributed by atoms with Crippen LogP contribution in [0.15, 0.2) is 59.8 Å². The molecular formula is C21H22N4O4. The van der Waals surface area contributed by atoms with Gasteiger partial charge in [-0.3, -0.25) is 0 Å². The fourth-order valence-electron chi connectivity index (χ4n) is 2.56. The third kappa shape index (κ3) is 5.58. The van der Waals surface area contributed by atoms with Crippen LogP contribution in [0.3, 0.4) is 0 Å². The van der Waals surface area contributed by atoms with Gasteiger partial charge in [-0.15, -0.1) is 0 Å². The van der Waals surface area contributed by atoms with Gasteiger partial charge in [0.1, 0.15) is 24.7 Å². The van der Waals surface area contributed by atoms with E-state index >= 15 is 0 Å². The maximum Gasteiger partial charge on any atom is 0.337 e. The van der Waals surface area contributed by atoms with E-state index in [1.165, 1.54) is 11.8 Å². The van der Waals surface area contributed by atoms with Crippen LogP contribution in [-0.2, 0) is 4.74 Å². The van der Waals surface area contributed by atoms with Gasteiger partial charge in [0.25, 0.3) is 0 Å². The number of nitrogens with zero attached hydrogens (tertiary/aromatic N) is 3. The lowest BCUT2D eigenvalue weighted by Gasteiger charge is -2.09. The number of esters is 1. The van der Waals surface area contributed by atoms with Crippen LogP contribution in [0.4, 0.5) is 5.95 Å². The summed E-state index contributed by atoms with van der Waals surface area (Å²) in [6.07, 6.45) is 3.43. The number of carbonyl (C=O) groups is 1. The fraction of sp³-hybridized carbons (Fsp3) is 0.190. The molecule has 0 saturated carbocycles. The molecule has 0 bridgehead atoms. The maximum atomic E-state index is 11.6. The van der Waals surface area contributed by atoms with Gasteiger partial charge in [-0.2, -0.15) is 5.10 Å². The number of carbonyl (C=O) groups excluding carboxylic acids is 1. The summed E-state index contributed by atoms with van der Waals surface area (Å²) in [6, 6.07) is 14.3. The van der Waals surface area contributed by atoms with Gasteiger partial charge < -0.3 is 19.9 Å². The number of benzene rings is 2. The molecule has 0 fully saturated rings. The molecule has 0 saturated heterocycles. The second kappa shape index (κ2) is 9.41. The molecule has 8 nitrogen and oxygen atoms in total. The van der Waals surface area contributed by atoms with Crippen molar-refractivity contribution < 1.29 is 19.0 Å². The van der Waals surface area contributed by atoms with E-state index in [9.17, 15) is 4.79 Å². The lowest BCUT2D eigenvalue weighted by molar-refractivity contribution is 0.0600. The standard InChI is InChI=1S/C21H22N4O4/c1-15-14-25(21(22)24-15)23-13-16-5-3-7-18(11-16)28-9-10-29-19-8-4-6-17(12-19)20(26)27-2/h3-8,11-14H,9-10H2,1-2H3,(H2,22,24). The van der Waals surface area contributed by atoms with Crippen molar-refractivity contribution in [3.8, 4) is 11.5 Å². The average molecular weight is 394 g/mol. The van der Waals surface area contributed by atoms with Crippen molar-refractivity contribution in [1.82, 2.24) is 9.66 Å². The SMILES string of the molecule is COC(=O)c1cccc(OCCOc2cccc(C=Nn3cc(C)nc3N)c2)c1. The molecule has 0 radical (unpaired) electrons. The minimum Gasteiger partial charge on any atom is -0.490 e. The van der Waals surface area contributed by atoms with Crippen LogP contribution in [-0.4, -0.2) is 42.2 Å². The Morgan fingerprint density at radius 3 is 2.48 bits per heavy atom.